The van der Waals surface area contributed by atoms with Crippen LogP contribution in [0, 0.1) is 6.92 Å². The van der Waals surface area contributed by atoms with Crippen LogP contribution in [0.1, 0.15) is 36.6 Å². The Labute approximate surface area is 125 Å². The maximum atomic E-state index is 6.37. The SMILES string of the molecule is Cc1cc(Cl)ccc1C(N)c1cccc(OC(C)C)c1. The minimum atomic E-state index is -0.178. The number of nitrogens with two attached hydrogens (primary N) is 1. The van der Waals surface area contributed by atoms with Gasteiger partial charge in [0.2, 0.25) is 0 Å². The molecule has 0 fully saturated rings. The second-order valence-corrected chi connectivity index (χ2v) is 5.65. The van der Waals surface area contributed by atoms with Crippen LogP contribution in [0.2, 0.25) is 5.02 Å². The maximum Gasteiger partial charge on any atom is 0.120 e. The van der Waals surface area contributed by atoms with E-state index in [2.05, 4.69) is 0 Å². The summed E-state index contributed by atoms with van der Waals surface area (Å²) in [5.41, 5.74) is 9.58. The van der Waals surface area contributed by atoms with Crippen LogP contribution < -0.4 is 10.5 Å². The summed E-state index contributed by atoms with van der Waals surface area (Å²) in [6.45, 7) is 6.04. The number of hydrogen-bond acceptors (Lipinski definition) is 2. The Morgan fingerprint density at radius 1 is 1.10 bits per heavy atom. The fourth-order valence-electron chi connectivity index (χ4n) is 2.22. The molecule has 2 N–H and O–H groups in total. The second kappa shape index (κ2) is 6.29. The normalized spacial score (nSPS) is 12.5. The first kappa shape index (κ1) is 14.9. The second-order valence-electron chi connectivity index (χ2n) is 5.22. The summed E-state index contributed by atoms with van der Waals surface area (Å²) in [6, 6.07) is 13.6. The number of rotatable bonds is 4. The van der Waals surface area contributed by atoms with Gasteiger partial charge in [-0.3, -0.25) is 0 Å². The summed E-state index contributed by atoms with van der Waals surface area (Å²) in [5.74, 6) is 0.847. The highest BCUT2D eigenvalue weighted by Gasteiger charge is 2.12. The molecule has 20 heavy (non-hydrogen) atoms. The van der Waals surface area contributed by atoms with Crippen LogP contribution in [0.3, 0.4) is 0 Å². The summed E-state index contributed by atoms with van der Waals surface area (Å²) in [6.07, 6.45) is 0.152. The third-order valence-electron chi connectivity index (χ3n) is 3.16. The van der Waals surface area contributed by atoms with Crippen molar-refractivity contribution in [1.82, 2.24) is 0 Å². The molecule has 0 radical (unpaired) electrons. The lowest BCUT2D eigenvalue weighted by Crippen LogP contribution is -2.14. The smallest absolute Gasteiger partial charge is 0.120 e. The van der Waals surface area contributed by atoms with E-state index in [-0.39, 0.29) is 12.1 Å². The highest BCUT2D eigenvalue weighted by atomic mass is 35.5. The lowest BCUT2D eigenvalue weighted by atomic mass is 9.96. The van der Waals surface area contributed by atoms with Crippen LogP contribution in [-0.4, -0.2) is 6.10 Å². The fourth-order valence-corrected chi connectivity index (χ4v) is 2.45. The lowest BCUT2D eigenvalue weighted by molar-refractivity contribution is 0.242. The number of benzene rings is 2. The molecule has 0 spiro atoms. The van der Waals surface area contributed by atoms with Crippen molar-refractivity contribution >= 4 is 11.6 Å². The molecule has 2 rings (SSSR count). The molecule has 0 heterocycles. The molecule has 2 aromatic carbocycles. The first-order valence-electron chi connectivity index (χ1n) is 6.75. The Kier molecular flexibility index (Phi) is 4.69. The van der Waals surface area contributed by atoms with E-state index in [0.29, 0.717) is 0 Å². The molecule has 1 atom stereocenters. The standard InChI is InChI=1S/C17H20ClNO/c1-11(2)20-15-6-4-5-13(10-15)17(19)16-8-7-14(18)9-12(16)3/h4-11,17H,19H2,1-3H3. The summed E-state index contributed by atoms with van der Waals surface area (Å²) < 4.78 is 5.71. The molecule has 106 valence electrons. The molecule has 0 aliphatic rings. The van der Waals surface area contributed by atoms with Crippen molar-refractivity contribution in [2.24, 2.45) is 5.73 Å². The molecule has 0 saturated carbocycles. The summed E-state index contributed by atoms with van der Waals surface area (Å²) >= 11 is 5.99. The summed E-state index contributed by atoms with van der Waals surface area (Å²) in [5, 5.41) is 0.732. The first-order chi connectivity index (χ1) is 9.47. The number of halogens is 1. The zero-order chi connectivity index (χ0) is 14.7. The molecule has 1 unspecified atom stereocenters. The van der Waals surface area contributed by atoms with E-state index >= 15 is 0 Å². The number of ether oxygens (including phenoxy) is 1. The molecule has 2 aromatic rings. The zero-order valence-corrected chi connectivity index (χ0v) is 12.8. The van der Waals surface area contributed by atoms with Gasteiger partial charge in [0.1, 0.15) is 5.75 Å². The van der Waals surface area contributed by atoms with Crippen molar-refractivity contribution in [3.63, 3.8) is 0 Å². The van der Waals surface area contributed by atoms with Gasteiger partial charge in [0, 0.05) is 5.02 Å². The van der Waals surface area contributed by atoms with Gasteiger partial charge in [0.05, 0.1) is 12.1 Å². The van der Waals surface area contributed by atoms with Crippen molar-refractivity contribution in [1.29, 1.82) is 0 Å². The van der Waals surface area contributed by atoms with Gasteiger partial charge in [-0.1, -0.05) is 29.8 Å². The van der Waals surface area contributed by atoms with Gasteiger partial charge in [-0.25, -0.2) is 0 Å². The van der Waals surface area contributed by atoms with Crippen molar-refractivity contribution in [3.05, 3.63) is 64.2 Å². The quantitative estimate of drug-likeness (QED) is 0.900. The van der Waals surface area contributed by atoms with Gasteiger partial charge in [-0.05, 0) is 61.7 Å². The van der Waals surface area contributed by atoms with Gasteiger partial charge in [0.25, 0.3) is 0 Å². The third kappa shape index (κ3) is 3.53. The Bertz CT molecular complexity index is 595. The van der Waals surface area contributed by atoms with E-state index in [4.69, 9.17) is 22.1 Å². The van der Waals surface area contributed by atoms with Crippen molar-refractivity contribution in [2.45, 2.75) is 32.9 Å². The summed E-state index contributed by atoms with van der Waals surface area (Å²) in [4.78, 5) is 0. The van der Waals surface area contributed by atoms with Crippen LogP contribution in [0.15, 0.2) is 42.5 Å². The largest absolute Gasteiger partial charge is 0.491 e. The Balaban J connectivity index is 2.30. The van der Waals surface area contributed by atoms with Crippen LogP contribution in [0.25, 0.3) is 0 Å². The van der Waals surface area contributed by atoms with Crippen LogP contribution in [0.5, 0.6) is 5.75 Å². The topological polar surface area (TPSA) is 35.2 Å². The van der Waals surface area contributed by atoms with Gasteiger partial charge in [0.15, 0.2) is 0 Å². The fraction of sp³-hybridized carbons (Fsp3) is 0.294. The Hall–Kier alpha value is -1.51. The van der Waals surface area contributed by atoms with Crippen LogP contribution in [-0.2, 0) is 0 Å². The van der Waals surface area contributed by atoms with Crippen molar-refractivity contribution in [2.75, 3.05) is 0 Å². The molecule has 0 bridgehead atoms. The van der Waals surface area contributed by atoms with E-state index in [1.165, 1.54) is 0 Å². The number of aryl methyl sites for hydroxylation is 1. The molecule has 0 saturated heterocycles. The minimum Gasteiger partial charge on any atom is -0.491 e. The predicted octanol–water partition coefficient (Wildman–Crippen LogP) is 4.48. The van der Waals surface area contributed by atoms with E-state index in [1.54, 1.807) is 0 Å². The molecule has 0 aromatic heterocycles. The Morgan fingerprint density at radius 3 is 2.50 bits per heavy atom. The highest BCUT2D eigenvalue weighted by molar-refractivity contribution is 6.30. The van der Waals surface area contributed by atoms with E-state index in [1.807, 2.05) is 63.2 Å². The lowest BCUT2D eigenvalue weighted by Gasteiger charge is -2.17. The number of hydrogen-bond donors (Lipinski definition) is 1. The molecule has 0 aliphatic heterocycles. The maximum absolute atomic E-state index is 6.37. The van der Waals surface area contributed by atoms with Crippen molar-refractivity contribution < 1.29 is 4.74 Å². The average molecular weight is 290 g/mol. The molecular formula is C17H20ClNO. The highest BCUT2D eigenvalue weighted by Crippen LogP contribution is 2.27. The zero-order valence-electron chi connectivity index (χ0n) is 12.1. The van der Waals surface area contributed by atoms with Gasteiger partial charge in [-0.15, -0.1) is 0 Å². The van der Waals surface area contributed by atoms with Gasteiger partial charge in [-0.2, -0.15) is 0 Å². The molecule has 3 heteroatoms. The Morgan fingerprint density at radius 2 is 1.85 bits per heavy atom. The van der Waals surface area contributed by atoms with Gasteiger partial charge < -0.3 is 10.5 Å². The molecule has 0 amide bonds. The van der Waals surface area contributed by atoms with Gasteiger partial charge >= 0.3 is 0 Å². The summed E-state index contributed by atoms with van der Waals surface area (Å²) in [7, 11) is 0. The van der Waals surface area contributed by atoms with E-state index in [0.717, 1.165) is 27.5 Å². The predicted molar refractivity (Wildman–Crippen MR) is 84.4 cm³/mol. The van der Waals surface area contributed by atoms with Crippen LogP contribution in [0.4, 0.5) is 0 Å². The monoisotopic (exact) mass is 289 g/mol. The first-order valence-corrected chi connectivity index (χ1v) is 7.13. The van der Waals surface area contributed by atoms with Crippen molar-refractivity contribution in [3.8, 4) is 5.75 Å². The minimum absolute atomic E-state index is 0.152. The third-order valence-corrected chi connectivity index (χ3v) is 3.39. The average Bonchev–Trinajstić information content (AvgIpc) is 2.37. The molecule has 0 aliphatic carbocycles. The van der Waals surface area contributed by atoms with E-state index < -0.39 is 0 Å². The molecular weight excluding hydrogens is 270 g/mol. The molecule has 2 nitrogen and oxygen atoms in total. The van der Waals surface area contributed by atoms with Crippen LogP contribution >= 0.6 is 11.6 Å². The van der Waals surface area contributed by atoms with E-state index in [9.17, 15) is 0 Å².